The summed E-state index contributed by atoms with van der Waals surface area (Å²) in [6.45, 7) is 0.133. The Morgan fingerprint density at radius 3 is 2.97 bits per heavy atom. The Kier molecular flexibility index (Phi) is 5.71. The van der Waals surface area contributed by atoms with Crippen molar-refractivity contribution < 1.29 is 28.3 Å². The number of nitrogens with one attached hydrogen (secondary N) is 1. The molecule has 0 fully saturated rings. The van der Waals surface area contributed by atoms with Gasteiger partial charge in [0.1, 0.15) is 0 Å². The monoisotopic (exact) mass is 415 g/mol. The molecule has 29 heavy (non-hydrogen) atoms. The number of ether oxygens (including phenoxy) is 3. The molecule has 0 radical (unpaired) electrons. The maximum atomic E-state index is 11.9. The number of esters is 1. The number of hydrogen-bond acceptors (Lipinski definition) is 9. The molecule has 2 aromatic heterocycles. The Hall–Kier alpha value is -3.40. The predicted octanol–water partition coefficient (Wildman–Crippen LogP) is 2.32. The fourth-order valence-corrected chi connectivity index (χ4v) is 3.23. The number of amides is 1. The van der Waals surface area contributed by atoms with Gasteiger partial charge in [-0.1, -0.05) is 11.2 Å². The van der Waals surface area contributed by atoms with E-state index in [1.165, 1.54) is 11.3 Å². The predicted molar refractivity (Wildman–Crippen MR) is 101 cm³/mol. The average Bonchev–Trinajstić information content (AvgIpc) is 3.49. The highest BCUT2D eigenvalue weighted by molar-refractivity contribution is 7.08. The van der Waals surface area contributed by atoms with E-state index >= 15 is 0 Å². The summed E-state index contributed by atoms with van der Waals surface area (Å²) >= 11 is 1.53. The number of nitrogens with zero attached hydrogens (tertiary/aromatic N) is 2. The highest BCUT2D eigenvalue weighted by atomic mass is 32.1. The molecule has 0 aliphatic carbocycles. The van der Waals surface area contributed by atoms with E-state index in [9.17, 15) is 9.59 Å². The zero-order valence-corrected chi connectivity index (χ0v) is 16.1. The Labute approximate surface area is 169 Å². The molecule has 3 aromatic rings. The molecule has 1 N–H and O–H groups in total. The van der Waals surface area contributed by atoms with Crippen molar-refractivity contribution in [1.82, 2.24) is 15.5 Å². The molecule has 3 heterocycles. The van der Waals surface area contributed by atoms with E-state index < -0.39 is 11.9 Å². The SMILES string of the molecule is O=C(COC(=O)CCc1nc(-c2ccsc2)no1)NCc1ccc2c(c1)OCO2. The van der Waals surface area contributed by atoms with Crippen LogP contribution in [0, 0.1) is 0 Å². The zero-order chi connectivity index (χ0) is 20.1. The van der Waals surface area contributed by atoms with Gasteiger partial charge < -0.3 is 24.1 Å². The molecular weight excluding hydrogens is 398 g/mol. The van der Waals surface area contributed by atoms with Gasteiger partial charge in [0.2, 0.25) is 18.5 Å². The van der Waals surface area contributed by atoms with E-state index in [0.717, 1.165) is 11.1 Å². The third kappa shape index (κ3) is 4.91. The third-order valence-electron chi connectivity index (χ3n) is 4.08. The van der Waals surface area contributed by atoms with E-state index in [2.05, 4.69) is 15.5 Å². The summed E-state index contributed by atoms with van der Waals surface area (Å²) in [6, 6.07) is 7.29. The van der Waals surface area contributed by atoms with Crippen LogP contribution in [-0.2, 0) is 27.3 Å². The van der Waals surface area contributed by atoms with Crippen LogP contribution in [0.1, 0.15) is 17.9 Å². The van der Waals surface area contributed by atoms with Gasteiger partial charge in [-0.3, -0.25) is 9.59 Å². The molecule has 1 aliphatic heterocycles. The zero-order valence-electron chi connectivity index (χ0n) is 15.3. The van der Waals surface area contributed by atoms with Crippen molar-refractivity contribution in [3.05, 3.63) is 46.5 Å². The number of thiophene rings is 1. The molecule has 0 saturated carbocycles. The molecule has 1 amide bonds. The number of rotatable bonds is 8. The summed E-state index contributed by atoms with van der Waals surface area (Å²) in [6.07, 6.45) is 0.287. The molecule has 1 aliphatic rings. The van der Waals surface area contributed by atoms with Crippen LogP contribution in [-0.4, -0.2) is 35.4 Å². The van der Waals surface area contributed by atoms with Gasteiger partial charge >= 0.3 is 5.97 Å². The van der Waals surface area contributed by atoms with Crippen molar-refractivity contribution in [2.24, 2.45) is 0 Å². The van der Waals surface area contributed by atoms with Crippen molar-refractivity contribution in [3.8, 4) is 22.9 Å². The van der Waals surface area contributed by atoms with E-state index in [1.807, 2.05) is 22.9 Å². The molecule has 1 aromatic carbocycles. The molecule has 0 saturated heterocycles. The molecule has 0 spiro atoms. The van der Waals surface area contributed by atoms with Crippen LogP contribution < -0.4 is 14.8 Å². The lowest BCUT2D eigenvalue weighted by Gasteiger charge is -2.07. The molecule has 10 heteroatoms. The van der Waals surface area contributed by atoms with Gasteiger partial charge in [0.15, 0.2) is 18.1 Å². The fourth-order valence-electron chi connectivity index (χ4n) is 2.60. The quantitative estimate of drug-likeness (QED) is 0.558. The van der Waals surface area contributed by atoms with E-state index in [4.69, 9.17) is 18.7 Å². The van der Waals surface area contributed by atoms with Gasteiger partial charge in [0, 0.05) is 23.9 Å². The molecule has 0 atom stereocenters. The highest BCUT2D eigenvalue weighted by Crippen LogP contribution is 2.32. The van der Waals surface area contributed by atoms with Gasteiger partial charge in [0.25, 0.3) is 5.91 Å². The lowest BCUT2D eigenvalue weighted by molar-refractivity contribution is -0.148. The van der Waals surface area contributed by atoms with Gasteiger partial charge in [-0.05, 0) is 29.1 Å². The third-order valence-corrected chi connectivity index (χ3v) is 4.76. The summed E-state index contributed by atoms with van der Waals surface area (Å²) in [5, 5.41) is 10.4. The number of aryl methyl sites for hydroxylation is 1. The number of carbonyl (C=O) groups excluding carboxylic acids is 2. The van der Waals surface area contributed by atoms with Crippen molar-refractivity contribution in [2.45, 2.75) is 19.4 Å². The van der Waals surface area contributed by atoms with Crippen LogP contribution in [0.2, 0.25) is 0 Å². The first-order chi connectivity index (χ1) is 14.2. The molecule has 4 rings (SSSR count). The maximum absolute atomic E-state index is 11.9. The number of hydrogen-bond donors (Lipinski definition) is 1. The van der Waals surface area contributed by atoms with Crippen LogP contribution in [0.3, 0.4) is 0 Å². The standard InChI is InChI=1S/C19H17N3O6S/c23-16(20-8-12-1-2-14-15(7-12)27-11-26-14)9-25-18(24)4-3-17-21-19(22-28-17)13-5-6-29-10-13/h1-2,5-7,10H,3-4,8-9,11H2,(H,20,23). The van der Waals surface area contributed by atoms with Crippen LogP contribution in [0.15, 0.2) is 39.5 Å². The second-order valence-electron chi connectivity index (χ2n) is 6.15. The van der Waals surface area contributed by atoms with Gasteiger partial charge in [0.05, 0.1) is 6.42 Å². The van der Waals surface area contributed by atoms with Crippen molar-refractivity contribution in [3.63, 3.8) is 0 Å². The number of benzene rings is 1. The average molecular weight is 415 g/mol. The van der Waals surface area contributed by atoms with E-state index in [0.29, 0.717) is 29.8 Å². The minimum atomic E-state index is -0.515. The van der Waals surface area contributed by atoms with Gasteiger partial charge in [-0.2, -0.15) is 16.3 Å². The second-order valence-corrected chi connectivity index (χ2v) is 6.93. The normalized spacial score (nSPS) is 12.0. The molecule has 150 valence electrons. The first-order valence-corrected chi connectivity index (χ1v) is 9.77. The van der Waals surface area contributed by atoms with Crippen molar-refractivity contribution in [2.75, 3.05) is 13.4 Å². The Balaban J connectivity index is 1.16. The fraction of sp³-hybridized carbons (Fsp3) is 0.263. The Bertz CT molecular complexity index is 1000. The van der Waals surface area contributed by atoms with Crippen LogP contribution in [0.5, 0.6) is 11.5 Å². The van der Waals surface area contributed by atoms with E-state index in [1.54, 1.807) is 12.1 Å². The van der Waals surface area contributed by atoms with E-state index in [-0.39, 0.29) is 26.2 Å². The summed E-state index contributed by atoms with van der Waals surface area (Å²) < 4.78 is 20.6. The maximum Gasteiger partial charge on any atom is 0.306 e. The number of aromatic nitrogens is 2. The van der Waals surface area contributed by atoms with Crippen LogP contribution in [0.25, 0.3) is 11.4 Å². The highest BCUT2D eigenvalue weighted by Gasteiger charge is 2.15. The van der Waals surface area contributed by atoms with Gasteiger partial charge in [-0.25, -0.2) is 0 Å². The number of carbonyl (C=O) groups is 2. The lowest BCUT2D eigenvalue weighted by atomic mass is 10.2. The molecule has 9 nitrogen and oxygen atoms in total. The molecular formula is C19H17N3O6S. The van der Waals surface area contributed by atoms with Crippen molar-refractivity contribution >= 4 is 23.2 Å². The van der Waals surface area contributed by atoms with Gasteiger partial charge in [-0.15, -0.1) is 0 Å². The largest absolute Gasteiger partial charge is 0.456 e. The number of fused-ring (bicyclic) bond motifs is 1. The minimum absolute atomic E-state index is 0.0424. The first-order valence-electron chi connectivity index (χ1n) is 8.83. The van der Waals surface area contributed by atoms with Crippen LogP contribution in [0.4, 0.5) is 0 Å². The Morgan fingerprint density at radius 1 is 1.21 bits per heavy atom. The van der Waals surface area contributed by atoms with Crippen LogP contribution >= 0.6 is 11.3 Å². The lowest BCUT2D eigenvalue weighted by Crippen LogP contribution is -2.28. The second kappa shape index (κ2) is 8.74. The topological polar surface area (TPSA) is 113 Å². The smallest absolute Gasteiger partial charge is 0.306 e. The minimum Gasteiger partial charge on any atom is -0.456 e. The first kappa shape index (κ1) is 18.9. The summed E-state index contributed by atoms with van der Waals surface area (Å²) in [7, 11) is 0. The Morgan fingerprint density at radius 2 is 2.10 bits per heavy atom. The summed E-state index contributed by atoms with van der Waals surface area (Å²) in [5.41, 5.74) is 1.72. The molecule has 0 bridgehead atoms. The summed E-state index contributed by atoms with van der Waals surface area (Å²) in [5.74, 6) is 1.24. The van der Waals surface area contributed by atoms with Crippen molar-refractivity contribution in [1.29, 1.82) is 0 Å². The molecule has 0 unspecified atom stereocenters. The summed E-state index contributed by atoms with van der Waals surface area (Å²) in [4.78, 5) is 27.9.